The van der Waals surface area contributed by atoms with Crippen molar-refractivity contribution in [3.05, 3.63) is 52.8 Å². The van der Waals surface area contributed by atoms with Crippen molar-refractivity contribution in [3.63, 3.8) is 0 Å². The van der Waals surface area contributed by atoms with Crippen LogP contribution in [0.3, 0.4) is 0 Å². The molecule has 1 aromatic carbocycles. The Balaban J connectivity index is 1.64. The van der Waals surface area contributed by atoms with E-state index < -0.39 is 5.82 Å². The lowest BCUT2D eigenvalue weighted by molar-refractivity contribution is 0.573. The third-order valence-corrected chi connectivity index (χ3v) is 5.55. The van der Waals surface area contributed by atoms with E-state index in [0.717, 1.165) is 12.8 Å². The molecule has 0 radical (unpaired) electrons. The molecule has 3 N–H and O–H groups in total. The molecule has 0 spiro atoms. The van der Waals surface area contributed by atoms with Crippen LogP contribution in [0, 0.1) is 5.82 Å². The number of nitrogens with two attached hydrogens (primary N) is 1. The van der Waals surface area contributed by atoms with Crippen molar-refractivity contribution in [3.8, 4) is 11.4 Å². The fraction of sp³-hybridized carbons (Fsp3) is 0.333. The number of benzene rings is 1. The Bertz CT molecular complexity index is 1380. The predicted molar refractivity (Wildman–Crippen MR) is 117 cm³/mol. The molecule has 4 aromatic rings. The molecule has 0 amide bonds. The standard InChI is InChI=1S/C21H22FN9O/c1-3-13(27-18-16(17(23)24-9-25-18)19-26-10-30(2)29-19)20-28-14-6-4-5-12(22)15(14)21(32)31(20)11-7-8-11/h4-6,9-11,13H,3,7-8H2,1-2H3,(H3,23,24,25,27)/t13-/m0/s1. The van der Waals surface area contributed by atoms with Gasteiger partial charge in [-0.05, 0) is 31.4 Å². The van der Waals surface area contributed by atoms with Crippen molar-refractivity contribution >= 4 is 22.5 Å². The first-order valence-corrected chi connectivity index (χ1v) is 10.4. The van der Waals surface area contributed by atoms with E-state index in [4.69, 9.17) is 10.7 Å². The molecular weight excluding hydrogens is 413 g/mol. The van der Waals surface area contributed by atoms with Crippen LogP contribution >= 0.6 is 0 Å². The van der Waals surface area contributed by atoms with Gasteiger partial charge < -0.3 is 11.1 Å². The normalized spacial score (nSPS) is 14.6. The van der Waals surface area contributed by atoms with E-state index in [1.54, 1.807) is 34.8 Å². The molecule has 0 saturated heterocycles. The molecule has 1 saturated carbocycles. The highest BCUT2D eigenvalue weighted by Crippen LogP contribution is 2.38. The highest BCUT2D eigenvalue weighted by Gasteiger charge is 2.32. The summed E-state index contributed by atoms with van der Waals surface area (Å²) in [6.07, 6.45) is 5.23. The molecule has 1 atom stereocenters. The van der Waals surface area contributed by atoms with Crippen LogP contribution in [0.1, 0.15) is 44.1 Å². The largest absolute Gasteiger partial charge is 0.383 e. The molecule has 1 aliphatic rings. The molecule has 1 fully saturated rings. The average Bonchev–Trinajstić information content (AvgIpc) is 3.51. The quantitative estimate of drug-likeness (QED) is 0.473. The molecule has 0 aliphatic heterocycles. The molecule has 10 nitrogen and oxygen atoms in total. The van der Waals surface area contributed by atoms with Crippen molar-refractivity contribution < 1.29 is 4.39 Å². The van der Waals surface area contributed by atoms with Gasteiger partial charge in [-0.25, -0.2) is 24.3 Å². The number of aromatic nitrogens is 7. The Hall–Kier alpha value is -3.89. The third kappa shape index (κ3) is 3.35. The Morgan fingerprint density at radius 2 is 2.09 bits per heavy atom. The maximum Gasteiger partial charge on any atom is 0.264 e. The number of rotatable bonds is 6. The number of nitrogens with zero attached hydrogens (tertiary/aromatic N) is 7. The van der Waals surface area contributed by atoms with Crippen LogP contribution in [-0.4, -0.2) is 34.3 Å². The number of nitrogens with one attached hydrogen (secondary N) is 1. The van der Waals surface area contributed by atoms with Crippen LogP contribution in [0.5, 0.6) is 0 Å². The second-order valence-electron chi connectivity index (χ2n) is 7.84. The molecule has 32 heavy (non-hydrogen) atoms. The van der Waals surface area contributed by atoms with E-state index in [9.17, 15) is 9.18 Å². The second-order valence-corrected chi connectivity index (χ2v) is 7.84. The van der Waals surface area contributed by atoms with Gasteiger partial charge in [-0.3, -0.25) is 14.0 Å². The minimum atomic E-state index is -0.561. The molecule has 1 aliphatic carbocycles. The zero-order chi connectivity index (χ0) is 22.4. The summed E-state index contributed by atoms with van der Waals surface area (Å²) in [5.74, 6) is 1.03. The fourth-order valence-electron chi connectivity index (χ4n) is 3.85. The van der Waals surface area contributed by atoms with Crippen molar-refractivity contribution in [2.24, 2.45) is 7.05 Å². The molecule has 0 bridgehead atoms. The third-order valence-electron chi connectivity index (χ3n) is 5.55. The number of halogens is 1. The Kier molecular flexibility index (Phi) is 4.80. The molecule has 5 rings (SSSR count). The minimum absolute atomic E-state index is 0.0113. The maximum absolute atomic E-state index is 14.4. The molecule has 0 unspecified atom stereocenters. The molecular formula is C21H22FN9O. The number of anilines is 2. The number of nitrogen functional groups attached to an aromatic ring is 1. The van der Waals surface area contributed by atoms with Gasteiger partial charge in [0.05, 0.1) is 11.6 Å². The lowest BCUT2D eigenvalue weighted by Gasteiger charge is -2.23. The van der Waals surface area contributed by atoms with Gasteiger partial charge in [0, 0.05) is 13.1 Å². The topological polar surface area (TPSA) is 129 Å². The van der Waals surface area contributed by atoms with Crippen molar-refractivity contribution in [2.45, 2.75) is 38.3 Å². The van der Waals surface area contributed by atoms with Gasteiger partial charge >= 0.3 is 0 Å². The Morgan fingerprint density at radius 1 is 1.28 bits per heavy atom. The molecule has 3 heterocycles. The second kappa shape index (κ2) is 7.66. The van der Waals surface area contributed by atoms with Crippen LogP contribution in [0.25, 0.3) is 22.3 Å². The summed E-state index contributed by atoms with van der Waals surface area (Å²) in [6.45, 7) is 1.97. The Labute approximate surface area is 182 Å². The summed E-state index contributed by atoms with van der Waals surface area (Å²) in [7, 11) is 1.75. The number of aryl methyl sites for hydroxylation is 1. The van der Waals surface area contributed by atoms with E-state index in [-0.39, 0.29) is 28.8 Å². The van der Waals surface area contributed by atoms with Gasteiger partial charge in [0.1, 0.15) is 46.9 Å². The highest BCUT2D eigenvalue weighted by molar-refractivity contribution is 5.80. The summed E-state index contributed by atoms with van der Waals surface area (Å²) >= 11 is 0. The van der Waals surface area contributed by atoms with E-state index in [1.165, 1.54) is 12.4 Å². The number of hydrogen-bond acceptors (Lipinski definition) is 8. The summed E-state index contributed by atoms with van der Waals surface area (Å²) in [5, 5.41) is 7.69. The summed E-state index contributed by atoms with van der Waals surface area (Å²) < 4.78 is 17.6. The zero-order valence-corrected chi connectivity index (χ0v) is 17.7. The first-order valence-electron chi connectivity index (χ1n) is 10.4. The number of hydrogen-bond donors (Lipinski definition) is 2. The molecule has 3 aromatic heterocycles. The van der Waals surface area contributed by atoms with Gasteiger partial charge in [0.25, 0.3) is 5.56 Å². The van der Waals surface area contributed by atoms with Gasteiger partial charge in [0.2, 0.25) is 0 Å². The van der Waals surface area contributed by atoms with Crippen LogP contribution in [-0.2, 0) is 7.05 Å². The van der Waals surface area contributed by atoms with Gasteiger partial charge in [-0.15, -0.1) is 0 Å². The van der Waals surface area contributed by atoms with Gasteiger partial charge in [-0.2, -0.15) is 5.10 Å². The fourth-order valence-corrected chi connectivity index (χ4v) is 3.85. The molecule has 11 heteroatoms. The maximum atomic E-state index is 14.4. The summed E-state index contributed by atoms with van der Waals surface area (Å²) in [5.41, 5.74) is 6.57. The van der Waals surface area contributed by atoms with Crippen LogP contribution in [0.4, 0.5) is 16.0 Å². The van der Waals surface area contributed by atoms with Crippen molar-refractivity contribution in [1.82, 2.24) is 34.3 Å². The van der Waals surface area contributed by atoms with Gasteiger partial charge in [-0.1, -0.05) is 13.0 Å². The van der Waals surface area contributed by atoms with Crippen LogP contribution in [0.15, 0.2) is 35.6 Å². The Morgan fingerprint density at radius 3 is 2.78 bits per heavy atom. The summed E-state index contributed by atoms with van der Waals surface area (Å²) in [6, 6.07) is 4.12. The lowest BCUT2D eigenvalue weighted by atomic mass is 10.1. The zero-order valence-electron chi connectivity index (χ0n) is 17.7. The first-order chi connectivity index (χ1) is 15.5. The van der Waals surface area contributed by atoms with E-state index in [0.29, 0.717) is 35.0 Å². The SMILES string of the molecule is CC[C@H](Nc1ncnc(N)c1-c1ncn(C)n1)c1nc2cccc(F)c2c(=O)n1C1CC1. The van der Waals surface area contributed by atoms with Crippen molar-refractivity contribution in [2.75, 3.05) is 11.1 Å². The molecule has 164 valence electrons. The van der Waals surface area contributed by atoms with Crippen LogP contribution < -0.4 is 16.6 Å². The van der Waals surface area contributed by atoms with E-state index in [1.807, 2.05) is 6.92 Å². The summed E-state index contributed by atoms with van der Waals surface area (Å²) in [4.78, 5) is 30.7. The van der Waals surface area contributed by atoms with Crippen LogP contribution in [0.2, 0.25) is 0 Å². The van der Waals surface area contributed by atoms with Crippen molar-refractivity contribution in [1.29, 1.82) is 0 Å². The minimum Gasteiger partial charge on any atom is -0.383 e. The highest BCUT2D eigenvalue weighted by atomic mass is 19.1. The average molecular weight is 435 g/mol. The smallest absolute Gasteiger partial charge is 0.264 e. The van der Waals surface area contributed by atoms with E-state index in [2.05, 4.69) is 25.4 Å². The predicted octanol–water partition coefficient (Wildman–Crippen LogP) is 2.60. The first kappa shape index (κ1) is 20.0. The monoisotopic (exact) mass is 435 g/mol. The lowest BCUT2D eigenvalue weighted by Crippen LogP contribution is -2.29. The van der Waals surface area contributed by atoms with Gasteiger partial charge in [0.15, 0.2) is 5.82 Å². The number of fused-ring (bicyclic) bond motifs is 1. The van der Waals surface area contributed by atoms with E-state index >= 15 is 0 Å².